The van der Waals surface area contributed by atoms with Crippen LogP contribution in [0, 0.1) is 0 Å². The minimum absolute atomic E-state index is 0.0444. The number of anilines is 2. The van der Waals surface area contributed by atoms with Gasteiger partial charge in [0.05, 0.1) is 10.0 Å². The predicted molar refractivity (Wildman–Crippen MR) is 67.6 cm³/mol. The average molecular weight is 302 g/mol. The summed E-state index contributed by atoms with van der Waals surface area (Å²) in [6.07, 6.45) is -3.49. The summed E-state index contributed by atoms with van der Waals surface area (Å²) in [5, 5.41) is 5.35. The minimum atomic E-state index is -4.33. The molecule has 0 aliphatic heterocycles. The molecule has 0 spiro atoms. The SMILES string of the molecule is CCCNc1nc(NCC(F)(F)F)c(Cl)cc1Cl. The van der Waals surface area contributed by atoms with Crippen molar-refractivity contribution in [3.63, 3.8) is 0 Å². The molecule has 1 rings (SSSR count). The van der Waals surface area contributed by atoms with Crippen LogP contribution in [0.15, 0.2) is 6.07 Å². The van der Waals surface area contributed by atoms with Crippen molar-refractivity contribution in [1.82, 2.24) is 4.98 Å². The Labute approximate surface area is 113 Å². The Morgan fingerprint density at radius 3 is 2.22 bits per heavy atom. The van der Waals surface area contributed by atoms with E-state index < -0.39 is 12.7 Å². The fraction of sp³-hybridized carbons (Fsp3) is 0.500. The molecule has 0 radical (unpaired) electrons. The van der Waals surface area contributed by atoms with E-state index in [0.717, 1.165) is 6.42 Å². The molecular weight excluding hydrogens is 290 g/mol. The van der Waals surface area contributed by atoms with Crippen LogP contribution in [0.25, 0.3) is 0 Å². The van der Waals surface area contributed by atoms with E-state index in [4.69, 9.17) is 23.2 Å². The Morgan fingerprint density at radius 1 is 1.17 bits per heavy atom. The molecule has 0 saturated heterocycles. The molecule has 0 atom stereocenters. The molecule has 0 amide bonds. The predicted octanol–water partition coefficient (Wildman–Crippen LogP) is 4.18. The molecule has 3 nitrogen and oxygen atoms in total. The summed E-state index contributed by atoms with van der Waals surface area (Å²) in [5.74, 6) is 0.268. The molecule has 18 heavy (non-hydrogen) atoms. The fourth-order valence-corrected chi connectivity index (χ4v) is 1.63. The number of halogens is 5. The summed E-state index contributed by atoms with van der Waals surface area (Å²) in [5.41, 5.74) is 0. The molecule has 0 bridgehead atoms. The number of hydrogen-bond acceptors (Lipinski definition) is 3. The van der Waals surface area contributed by atoms with Crippen LogP contribution in [0.4, 0.5) is 24.8 Å². The highest BCUT2D eigenvalue weighted by Gasteiger charge is 2.27. The smallest absolute Gasteiger partial charge is 0.369 e. The van der Waals surface area contributed by atoms with Crippen LogP contribution in [0.3, 0.4) is 0 Å². The van der Waals surface area contributed by atoms with Crippen LogP contribution in [0.2, 0.25) is 10.0 Å². The maximum atomic E-state index is 12.1. The Hall–Kier alpha value is -0.880. The van der Waals surface area contributed by atoms with E-state index in [1.807, 2.05) is 6.92 Å². The van der Waals surface area contributed by atoms with Gasteiger partial charge in [0.15, 0.2) is 0 Å². The number of hydrogen-bond donors (Lipinski definition) is 2. The zero-order chi connectivity index (χ0) is 13.8. The van der Waals surface area contributed by atoms with Crippen molar-refractivity contribution in [3.05, 3.63) is 16.1 Å². The van der Waals surface area contributed by atoms with Gasteiger partial charge in [-0.3, -0.25) is 0 Å². The Bertz CT molecular complexity index is 410. The van der Waals surface area contributed by atoms with Crippen molar-refractivity contribution in [2.75, 3.05) is 23.7 Å². The van der Waals surface area contributed by atoms with Crippen molar-refractivity contribution in [2.45, 2.75) is 19.5 Å². The van der Waals surface area contributed by atoms with Gasteiger partial charge in [0, 0.05) is 6.54 Å². The summed E-state index contributed by atoms with van der Waals surface area (Å²) in [7, 11) is 0. The maximum Gasteiger partial charge on any atom is 0.405 e. The topological polar surface area (TPSA) is 37.0 Å². The third kappa shape index (κ3) is 4.78. The molecule has 8 heteroatoms. The molecule has 1 aromatic heterocycles. The number of aromatic nitrogens is 1. The highest BCUT2D eigenvalue weighted by Crippen LogP contribution is 2.29. The summed E-state index contributed by atoms with van der Waals surface area (Å²) in [6.45, 7) is 1.36. The van der Waals surface area contributed by atoms with Crippen LogP contribution in [-0.4, -0.2) is 24.2 Å². The highest BCUT2D eigenvalue weighted by molar-refractivity contribution is 6.37. The van der Waals surface area contributed by atoms with Crippen LogP contribution >= 0.6 is 23.2 Å². The zero-order valence-electron chi connectivity index (χ0n) is 9.54. The summed E-state index contributed by atoms with van der Waals surface area (Å²) in [4.78, 5) is 3.93. The molecule has 0 aliphatic rings. The number of pyridine rings is 1. The van der Waals surface area contributed by atoms with Gasteiger partial charge in [-0.05, 0) is 12.5 Å². The number of rotatable bonds is 5. The lowest BCUT2D eigenvalue weighted by Gasteiger charge is -2.13. The molecule has 0 aliphatic carbocycles. The van der Waals surface area contributed by atoms with E-state index in [2.05, 4.69) is 15.6 Å². The van der Waals surface area contributed by atoms with Crippen LogP contribution in [0.1, 0.15) is 13.3 Å². The summed E-state index contributed by atoms with van der Waals surface area (Å²) in [6, 6.07) is 1.35. The molecule has 0 aromatic carbocycles. The van der Waals surface area contributed by atoms with Crippen LogP contribution < -0.4 is 10.6 Å². The lowest BCUT2D eigenvalue weighted by Crippen LogP contribution is -2.22. The first-order chi connectivity index (χ1) is 8.33. The third-order valence-corrected chi connectivity index (χ3v) is 2.50. The van der Waals surface area contributed by atoms with Gasteiger partial charge < -0.3 is 10.6 Å². The normalized spacial score (nSPS) is 11.4. The Balaban J connectivity index is 2.84. The Morgan fingerprint density at radius 2 is 1.72 bits per heavy atom. The summed E-state index contributed by atoms with van der Waals surface area (Å²) >= 11 is 11.6. The van der Waals surface area contributed by atoms with Crippen molar-refractivity contribution in [1.29, 1.82) is 0 Å². The van der Waals surface area contributed by atoms with Gasteiger partial charge in [-0.25, -0.2) is 4.98 Å². The van der Waals surface area contributed by atoms with E-state index in [-0.39, 0.29) is 15.9 Å². The van der Waals surface area contributed by atoms with E-state index in [0.29, 0.717) is 12.4 Å². The quantitative estimate of drug-likeness (QED) is 0.856. The average Bonchev–Trinajstić information content (AvgIpc) is 2.25. The number of nitrogens with zero attached hydrogens (tertiary/aromatic N) is 1. The van der Waals surface area contributed by atoms with Gasteiger partial charge in [0.25, 0.3) is 0 Å². The van der Waals surface area contributed by atoms with Gasteiger partial charge in [0.1, 0.15) is 18.2 Å². The second-order valence-corrected chi connectivity index (χ2v) is 4.36. The maximum absolute atomic E-state index is 12.1. The molecule has 102 valence electrons. The fourth-order valence-electron chi connectivity index (χ4n) is 1.14. The molecule has 1 heterocycles. The second-order valence-electron chi connectivity index (χ2n) is 3.54. The lowest BCUT2D eigenvalue weighted by molar-refractivity contribution is -0.115. The van der Waals surface area contributed by atoms with Gasteiger partial charge in [-0.1, -0.05) is 30.1 Å². The molecule has 2 N–H and O–H groups in total. The van der Waals surface area contributed by atoms with Crippen molar-refractivity contribution in [3.8, 4) is 0 Å². The minimum Gasteiger partial charge on any atom is -0.369 e. The molecule has 1 aromatic rings. The monoisotopic (exact) mass is 301 g/mol. The zero-order valence-corrected chi connectivity index (χ0v) is 11.0. The number of alkyl halides is 3. The standard InChI is InChI=1S/C10H12Cl2F3N3/c1-2-3-16-8-6(11)4-7(12)9(18-8)17-5-10(13,14)15/h4H,2-3,5H2,1H3,(H2,16,17,18). The highest BCUT2D eigenvalue weighted by atomic mass is 35.5. The summed E-state index contributed by atoms with van der Waals surface area (Å²) < 4.78 is 36.2. The molecule has 0 saturated carbocycles. The lowest BCUT2D eigenvalue weighted by atomic mass is 10.4. The first-order valence-electron chi connectivity index (χ1n) is 5.24. The van der Waals surface area contributed by atoms with E-state index in [1.54, 1.807) is 0 Å². The van der Waals surface area contributed by atoms with Gasteiger partial charge in [-0.15, -0.1) is 0 Å². The largest absolute Gasteiger partial charge is 0.405 e. The first-order valence-corrected chi connectivity index (χ1v) is 5.99. The first kappa shape index (κ1) is 15.2. The van der Waals surface area contributed by atoms with Crippen molar-refractivity contribution in [2.24, 2.45) is 0 Å². The molecule has 0 unspecified atom stereocenters. The van der Waals surface area contributed by atoms with Crippen LogP contribution in [-0.2, 0) is 0 Å². The van der Waals surface area contributed by atoms with E-state index in [9.17, 15) is 13.2 Å². The van der Waals surface area contributed by atoms with E-state index >= 15 is 0 Å². The van der Waals surface area contributed by atoms with E-state index in [1.165, 1.54) is 6.07 Å². The number of nitrogens with one attached hydrogen (secondary N) is 2. The van der Waals surface area contributed by atoms with Crippen molar-refractivity contribution < 1.29 is 13.2 Å². The van der Waals surface area contributed by atoms with Crippen LogP contribution in [0.5, 0.6) is 0 Å². The van der Waals surface area contributed by atoms with Gasteiger partial charge >= 0.3 is 6.18 Å². The van der Waals surface area contributed by atoms with Crippen molar-refractivity contribution >= 4 is 34.8 Å². The van der Waals surface area contributed by atoms with Gasteiger partial charge in [-0.2, -0.15) is 13.2 Å². The molecular formula is C10H12Cl2F3N3. The molecule has 0 fully saturated rings. The third-order valence-electron chi connectivity index (χ3n) is 1.93. The Kier molecular flexibility index (Phi) is 5.34. The van der Waals surface area contributed by atoms with Gasteiger partial charge in [0.2, 0.25) is 0 Å². The second kappa shape index (κ2) is 6.33.